The van der Waals surface area contributed by atoms with Crippen LogP contribution in [-0.4, -0.2) is 16.5 Å². The molecule has 2 aliphatic carbocycles. The van der Waals surface area contributed by atoms with Crippen LogP contribution in [0.1, 0.15) is 68.5 Å². The summed E-state index contributed by atoms with van der Waals surface area (Å²) in [6.45, 7) is 7.09. The van der Waals surface area contributed by atoms with Crippen LogP contribution >= 0.6 is 11.3 Å². The highest BCUT2D eigenvalue weighted by Gasteiger charge is 2.19. The van der Waals surface area contributed by atoms with E-state index in [9.17, 15) is 0 Å². The zero-order valence-corrected chi connectivity index (χ0v) is 15.7. The normalized spacial score (nSPS) is 17.0. The summed E-state index contributed by atoms with van der Waals surface area (Å²) >= 11 is 1.85. The lowest BCUT2D eigenvalue weighted by molar-refractivity contribution is 0.385. The number of aromatic nitrogens is 2. The zero-order valence-electron chi connectivity index (χ0n) is 14.9. The van der Waals surface area contributed by atoms with Gasteiger partial charge in [-0.25, -0.2) is 9.97 Å². The molecule has 2 aliphatic rings. The highest BCUT2D eigenvalue weighted by Crippen LogP contribution is 2.36. The van der Waals surface area contributed by atoms with E-state index in [4.69, 9.17) is 5.73 Å². The van der Waals surface area contributed by atoms with E-state index in [0.29, 0.717) is 0 Å². The van der Waals surface area contributed by atoms with Gasteiger partial charge in [-0.15, -0.1) is 11.3 Å². The highest BCUT2D eigenvalue weighted by molar-refractivity contribution is 7.18. The van der Waals surface area contributed by atoms with Crippen LogP contribution in [0.25, 0.3) is 10.2 Å². The quantitative estimate of drug-likeness (QED) is 0.735. The fourth-order valence-corrected chi connectivity index (χ4v) is 4.67. The molecule has 3 nitrogen and oxygen atoms in total. The van der Waals surface area contributed by atoms with Crippen molar-refractivity contribution in [1.82, 2.24) is 9.97 Å². The molecule has 23 heavy (non-hydrogen) atoms. The lowest BCUT2D eigenvalue weighted by Crippen LogP contribution is -1.99. The Labute approximate surface area is 144 Å². The number of nitrogens with two attached hydrogens (primary N) is 1. The van der Waals surface area contributed by atoms with E-state index >= 15 is 0 Å². The maximum Gasteiger partial charge on any atom is 0.127 e. The van der Waals surface area contributed by atoms with E-state index < -0.39 is 0 Å². The van der Waals surface area contributed by atoms with Crippen LogP contribution < -0.4 is 5.73 Å². The summed E-state index contributed by atoms with van der Waals surface area (Å²) in [5, 5.41) is 1.33. The van der Waals surface area contributed by atoms with Gasteiger partial charge in [0.15, 0.2) is 0 Å². The van der Waals surface area contributed by atoms with Crippen molar-refractivity contribution >= 4 is 21.6 Å². The van der Waals surface area contributed by atoms with Gasteiger partial charge in [0.2, 0.25) is 0 Å². The van der Waals surface area contributed by atoms with Crippen molar-refractivity contribution in [3.05, 3.63) is 22.5 Å². The Morgan fingerprint density at radius 1 is 1.13 bits per heavy atom. The summed E-state index contributed by atoms with van der Waals surface area (Å²) in [5.74, 6) is 1.04. The summed E-state index contributed by atoms with van der Waals surface area (Å²) in [5.41, 5.74) is 7.52. The van der Waals surface area contributed by atoms with Gasteiger partial charge in [-0.2, -0.15) is 0 Å². The first-order chi connectivity index (χ1) is 11.2. The molecule has 0 bridgehead atoms. The van der Waals surface area contributed by atoms with Gasteiger partial charge < -0.3 is 5.73 Å². The molecule has 4 heteroatoms. The van der Waals surface area contributed by atoms with E-state index in [-0.39, 0.29) is 0 Å². The maximum absolute atomic E-state index is 4.85. The fourth-order valence-electron chi connectivity index (χ4n) is 3.39. The Bertz CT molecular complexity index is 600. The van der Waals surface area contributed by atoms with Crippen LogP contribution in [0, 0.1) is 12.8 Å². The Morgan fingerprint density at radius 2 is 1.83 bits per heavy atom. The predicted molar refractivity (Wildman–Crippen MR) is 101 cm³/mol. The second-order valence-electron chi connectivity index (χ2n) is 6.65. The van der Waals surface area contributed by atoms with Crippen LogP contribution in [0.15, 0.2) is 6.33 Å². The van der Waals surface area contributed by atoms with E-state index in [1.54, 1.807) is 11.2 Å². The van der Waals surface area contributed by atoms with E-state index in [1.165, 1.54) is 67.1 Å². The van der Waals surface area contributed by atoms with Crippen molar-refractivity contribution in [2.24, 2.45) is 11.7 Å². The van der Waals surface area contributed by atoms with Crippen LogP contribution in [-0.2, 0) is 12.8 Å². The molecule has 0 aliphatic heterocycles. The van der Waals surface area contributed by atoms with Crippen molar-refractivity contribution in [2.45, 2.75) is 72.1 Å². The summed E-state index contributed by atoms with van der Waals surface area (Å²) in [6.07, 6.45) is 12.9. The van der Waals surface area contributed by atoms with Gasteiger partial charge in [-0.1, -0.05) is 46.0 Å². The fraction of sp³-hybridized carbons (Fsp3) is 0.684. The molecule has 4 rings (SSSR count). The van der Waals surface area contributed by atoms with Crippen LogP contribution in [0.5, 0.6) is 0 Å². The van der Waals surface area contributed by atoms with Crippen molar-refractivity contribution in [3.8, 4) is 0 Å². The average Bonchev–Trinajstić information content (AvgIpc) is 3.10. The largest absolute Gasteiger partial charge is 0.331 e. The first-order valence-corrected chi connectivity index (χ1v) is 9.90. The molecular formula is C19H31N3S. The van der Waals surface area contributed by atoms with E-state index in [0.717, 1.165) is 18.2 Å². The molecule has 0 atom stereocenters. The van der Waals surface area contributed by atoms with Crippen molar-refractivity contribution in [2.75, 3.05) is 6.54 Å². The summed E-state index contributed by atoms with van der Waals surface area (Å²) in [4.78, 5) is 11.3. The van der Waals surface area contributed by atoms with Crippen molar-refractivity contribution < 1.29 is 0 Å². The second-order valence-corrected chi connectivity index (χ2v) is 7.73. The molecule has 0 amide bonds. The van der Waals surface area contributed by atoms with Gasteiger partial charge in [0, 0.05) is 16.0 Å². The highest BCUT2D eigenvalue weighted by atomic mass is 32.1. The minimum Gasteiger partial charge on any atom is -0.331 e. The lowest BCUT2D eigenvalue weighted by atomic mass is 9.91. The average molecular weight is 334 g/mol. The van der Waals surface area contributed by atoms with Gasteiger partial charge in [-0.3, -0.25) is 0 Å². The number of fused-ring (bicyclic) bond motifs is 3. The third kappa shape index (κ3) is 4.98. The molecule has 1 saturated carbocycles. The number of nitrogens with zero attached hydrogens (tertiary/aromatic N) is 2. The Morgan fingerprint density at radius 3 is 2.43 bits per heavy atom. The summed E-state index contributed by atoms with van der Waals surface area (Å²) < 4.78 is 0. The number of hydrogen-bond acceptors (Lipinski definition) is 4. The second kappa shape index (κ2) is 9.33. The lowest BCUT2D eigenvalue weighted by Gasteiger charge is -2.15. The van der Waals surface area contributed by atoms with Gasteiger partial charge in [0.25, 0.3) is 0 Å². The molecule has 2 heterocycles. The van der Waals surface area contributed by atoms with Gasteiger partial charge >= 0.3 is 0 Å². The first-order valence-electron chi connectivity index (χ1n) is 9.09. The molecule has 0 radical (unpaired) electrons. The molecule has 0 aromatic carbocycles. The monoisotopic (exact) mass is 333 g/mol. The molecule has 128 valence electrons. The van der Waals surface area contributed by atoms with Gasteiger partial charge in [-0.05, 0) is 44.2 Å². The zero-order chi connectivity index (χ0) is 16.7. The van der Waals surface area contributed by atoms with E-state index in [1.807, 2.05) is 18.3 Å². The molecule has 1 fully saturated rings. The molecule has 2 N–H and O–H groups in total. The molecule has 0 unspecified atom stereocenters. The molecular weight excluding hydrogens is 302 g/mol. The maximum atomic E-state index is 4.85. The number of hydrogen-bond donors (Lipinski definition) is 1. The van der Waals surface area contributed by atoms with E-state index in [2.05, 4.69) is 23.8 Å². The van der Waals surface area contributed by atoms with Crippen molar-refractivity contribution in [1.29, 1.82) is 0 Å². The molecule has 2 aromatic heterocycles. The van der Waals surface area contributed by atoms with Crippen LogP contribution in [0.2, 0.25) is 0 Å². The van der Waals surface area contributed by atoms with Crippen LogP contribution in [0.4, 0.5) is 0 Å². The minimum absolute atomic E-state index is 0.750. The molecule has 0 spiro atoms. The summed E-state index contributed by atoms with van der Waals surface area (Å²) in [6, 6.07) is 0. The smallest absolute Gasteiger partial charge is 0.127 e. The third-order valence-electron chi connectivity index (χ3n) is 4.58. The van der Waals surface area contributed by atoms with Gasteiger partial charge in [0.05, 0.1) is 0 Å². The minimum atomic E-state index is 0.750. The first kappa shape index (κ1) is 18.3. The Hall–Kier alpha value is -1.00. The van der Waals surface area contributed by atoms with Crippen molar-refractivity contribution in [3.63, 3.8) is 0 Å². The molecule has 0 saturated heterocycles. The number of aryl methyl sites for hydroxylation is 3. The Kier molecular flexibility index (Phi) is 7.44. The Balaban J connectivity index is 0.000000163. The van der Waals surface area contributed by atoms with Gasteiger partial charge in [0.1, 0.15) is 11.2 Å². The molecule has 2 aromatic rings. The topological polar surface area (TPSA) is 51.8 Å². The summed E-state index contributed by atoms with van der Waals surface area (Å²) in [7, 11) is 0. The number of thiophene rings is 1. The SMILES string of the molecule is CC1CCCCC1.CCN.Cc1ncnc2sc3c(c12)CCC3. The van der Waals surface area contributed by atoms with Crippen LogP contribution in [0.3, 0.4) is 0 Å². The predicted octanol–water partition coefficient (Wildman–Crippen LogP) is 5.04. The number of rotatable bonds is 0. The third-order valence-corrected chi connectivity index (χ3v) is 5.78. The standard InChI is InChI=1S/C10H10N2S.C7H14.C2H7N/c1-6-9-7-3-2-4-8(7)13-10(9)12-5-11-6;1-7-5-3-2-4-6-7;1-2-3/h5H,2-4H2,1H3;7H,2-6H2,1H3;2-3H2,1H3.